The highest BCUT2D eigenvalue weighted by Gasteiger charge is 2.18. The van der Waals surface area contributed by atoms with Crippen LogP contribution in [-0.2, 0) is 0 Å². The van der Waals surface area contributed by atoms with Gasteiger partial charge in [0.1, 0.15) is 5.82 Å². The molecule has 1 saturated heterocycles. The Hall–Kier alpha value is -2.43. The first kappa shape index (κ1) is 20.3. The Morgan fingerprint density at radius 2 is 1.71 bits per heavy atom. The van der Waals surface area contributed by atoms with Crippen LogP contribution in [0, 0.1) is 5.82 Å². The predicted molar refractivity (Wildman–Crippen MR) is 105 cm³/mol. The Morgan fingerprint density at radius 3 is 2.39 bits per heavy atom. The van der Waals surface area contributed by atoms with E-state index in [2.05, 4.69) is 37.7 Å². The summed E-state index contributed by atoms with van der Waals surface area (Å²) in [6, 6.07) is 5.39. The number of anilines is 1. The van der Waals surface area contributed by atoms with Gasteiger partial charge in [-0.25, -0.2) is 4.39 Å². The maximum atomic E-state index is 12.9. The topological polar surface area (TPSA) is 90.5 Å². The van der Waals surface area contributed by atoms with Crippen molar-refractivity contribution in [2.24, 2.45) is 0 Å². The Bertz CT molecular complexity index is 805. The molecule has 150 valence electrons. The van der Waals surface area contributed by atoms with Crippen LogP contribution in [0.5, 0.6) is 0 Å². The summed E-state index contributed by atoms with van der Waals surface area (Å²) in [5.41, 5.74) is 0.441. The summed E-state index contributed by atoms with van der Waals surface area (Å²) >= 11 is 0.922. The van der Waals surface area contributed by atoms with Gasteiger partial charge in [-0.1, -0.05) is 11.3 Å². The molecule has 2 amide bonds. The summed E-state index contributed by atoms with van der Waals surface area (Å²) in [5.74, 6) is -1.21. The third kappa shape index (κ3) is 5.78. The molecule has 0 bridgehead atoms. The standard InChI is InChI=1S/C18H23FN6O2S/c1-24-9-11-25(12-10-24)8-2-7-20-15(26)17-22-23-18(28-17)16(27)21-14-5-3-13(19)4-6-14/h3-6H,2,7-12H2,1H3,(H,20,26)(H,21,27). The number of carbonyl (C=O) groups excluding carboxylic acids is 2. The molecule has 1 aliphatic heterocycles. The Morgan fingerprint density at radius 1 is 1.07 bits per heavy atom. The van der Waals surface area contributed by atoms with Crippen molar-refractivity contribution in [1.29, 1.82) is 0 Å². The SMILES string of the molecule is CN1CCN(CCCNC(=O)c2nnc(C(=O)Nc3ccc(F)cc3)s2)CC1. The van der Waals surface area contributed by atoms with Gasteiger partial charge < -0.3 is 20.4 Å². The molecule has 3 rings (SSSR count). The molecule has 8 nitrogen and oxygen atoms in total. The lowest BCUT2D eigenvalue weighted by Crippen LogP contribution is -2.45. The van der Waals surface area contributed by atoms with Crippen LogP contribution in [0.3, 0.4) is 0 Å². The van der Waals surface area contributed by atoms with E-state index in [1.807, 2.05) is 0 Å². The second kappa shape index (κ2) is 9.67. The number of carbonyl (C=O) groups is 2. The number of nitrogens with one attached hydrogen (secondary N) is 2. The minimum atomic E-state index is -0.488. The molecule has 28 heavy (non-hydrogen) atoms. The lowest BCUT2D eigenvalue weighted by Gasteiger charge is -2.32. The molecule has 2 aromatic rings. The molecule has 1 aliphatic rings. The van der Waals surface area contributed by atoms with Gasteiger partial charge in [-0.05, 0) is 44.3 Å². The van der Waals surface area contributed by atoms with E-state index < -0.39 is 5.91 Å². The molecule has 2 N–H and O–H groups in total. The number of benzene rings is 1. The van der Waals surface area contributed by atoms with Crippen LogP contribution in [-0.4, -0.2) is 78.1 Å². The molecule has 0 atom stereocenters. The predicted octanol–water partition coefficient (Wildman–Crippen LogP) is 1.30. The van der Waals surface area contributed by atoms with Gasteiger partial charge in [0.25, 0.3) is 11.8 Å². The lowest BCUT2D eigenvalue weighted by molar-refractivity contribution is 0.0947. The molecule has 10 heteroatoms. The van der Waals surface area contributed by atoms with Crippen LogP contribution >= 0.6 is 11.3 Å². The first-order valence-electron chi connectivity index (χ1n) is 9.11. The van der Waals surface area contributed by atoms with Crippen LogP contribution in [0.4, 0.5) is 10.1 Å². The van der Waals surface area contributed by atoms with Gasteiger partial charge in [0.05, 0.1) is 0 Å². The van der Waals surface area contributed by atoms with Gasteiger partial charge in [0.15, 0.2) is 0 Å². The van der Waals surface area contributed by atoms with Crippen molar-refractivity contribution in [3.05, 3.63) is 40.1 Å². The summed E-state index contributed by atoms with van der Waals surface area (Å²) in [5, 5.41) is 13.2. The second-order valence-corrected chi connectivity index (χ2v) is 7.61. The summed E-state index contributed by atoms with van der Waals surface area (Å²) in [4.78, 5) is 29.0. The lowest BCUT2D eigenvalue weighted by atomic mass is 10.3. The average molecular weight is 406 g/mol. The largest absolute Gasteiger partial charge is 0.350 e. The first-order chi connectivity index (χ1) is 13.5. The molecule has 1 fully saturated rings. The normalized spacial score (nSPS) is 15.4. The van der Waals surface area contributed by atoms with Gasteiger partial charge in [-0.2, -0.15) is 0 Å². The fourth-order valence-electron chi connectivity index (χ4n) is 2.78. The van der Waals surface area contributed by atoms with E-state index in [1.165, 1.54) is 24.3 Å². The molecule has 0 unspecified atom stereocenters. The molecule has 0 aliphatic carbocycles. The summed E-state index contributed by atoms with van der Waals surface area (Å²) in [6.45, 7) is 5.72. The molecule has 0 saturated carbocycles. The number of hydrogen-bond donors (Lipinski definition) is 2. The minimum absolute atomic E-state index is 0.0758. The van der Waals surface area contributed by atoms with E-state index in [-0.39, 0.29) is 21.7 Å². The number of nitrogens with zero attached hydrogens (tertiary/aromatic N) is 4. The fourth-order valence-corrected chi connectivity index (χ4v) is 3.43. The van der Waals surface area contributed by atoms with Crippen LogP contribution in [0.2, 0.25) is 0 Å². The van der Waals surface area contributed by atoms with Gasteiger partial charge in [-0.3, -0.25) is 9.59 Å². The Balaban J connectivity index is 1.42. The molecule has 1 aromatic heterocycles. The third-order valence-corrected chi connectivity index (χ3v) is 5.37. The molecule has 2 heterocycles. The number of piperazine rings is 1. The summed E-state index contributed by atoms with van der Waals surface area (Å²) < 4.78 is 12.9. The van der Waals surface area contributed by atoms with Gasteiger partial charge in [0.2, 0.25) is 10.0 Å². The van der Waals surface area contributed by atoms with Crippen molar-refractivity contribution < 1.29 is 14.0 Å². The van der Waals surface area contributed by atoms with Crippen molar-refractivity contribution >= 4 is 28.8 Å². The molecule has 0 spiro atoms. The second-order valence-electron chi connectivity index (χ2n) is 6.63. The first-order valence-corrected chi connectivity index (χ1v) is 9.92. The number of aromatic nitrogens is 2. The molecule has 1 aromatic carbocycles. The highest BCUT2D eigenvalue weighted by atomic mass is 32.1. The average Bonchev–Trinajstić information content (AvgIpc) is 3.19. The summed E-state index contributed by atoms with van der Waals surface area (Å²) in [6.07, 6.45) is 0.853. The van der Waals surface area contributed by atoms with Crippen molar-refractivity contribution in [3.8, 4) is 0 Å². The third-order valence-electron chi connectivity index (χ3n) is 4.45. The van der Waals surface area contributed by atoms with E-state index in [1.54, 1.807) is 0 Å². The van der Waals surface area contributed by atoms with E-state index in [0.29, 0.717) is 12.2 Å². The monoisotopic (exact) mass is 406 g/mol. The fraction of sp³-hybridized carbons (Fsp3) is 0.444. The van der Waals surface area contributed by atoms with E-state index >= 15 is 0 Å². The maximum Gasteiger partial charge on any atom is 0.286 e. The molecule has 0 radical (unpaired) electrons. The van der Waals surface area contributed by atoms with Gasteiger partial charge >= 0.3 is 0 Å². The van der Waals surface area contributed by atoms with Crippen LogP contribution in [0.15, 0.2) is 24.3 Å². The maximum absolute atomic E-state index is 12.9. The van der Waals surface area contributed by atoms with E-state index in [9.17, 15) is 14.0 Å². The van der Waals surface area contributed by atoms with E-state index in [4.69, 9.17) is 0 Å². The number of amides is 2. The Kier molecular flexibility index (Phi) is 7.01. The molecular formula is C18H23FN6O2S. The van der Waals surface area contributed by atoms with Crippen LogP contribution < -0.4 is 10.6 Å². The highest BCUT2D eigenvalue weighted by molar-refractivity contribution is 7.15. The number of likely N-dealkylation sites (N-methyl/N-ethyl adjacent to an activating group) is 1. The zero-order valence-corrected chi connectivity index (χ0v) is 16.5. The van der Waals surface area contributed by atoms with Crippen molar-refractivity contribution in [3.63, 3.8) is 0 Å². The quantitative estimate of drug-likeness (QED) is 0.674. The number of rotatable bonds is 7. The van der Waals surface area contributed by atoms with E-state index in [0.717, 1.165) is 50.5 Å². The van der Waals surface area contributed by atoms with Crippen LogP contribution in [0.25, 0.3) is 0 Å². The van der Waals surface area contributed by atoms with Crippen LogP contribution in [0.1, 0.15) is 26.0 Å². The van der Waals surface area contributed by atoms with Gasteiger partial charge in [-0.15, -0.1) is 10.2 Å². The molecular weight excluding hydrogens is 383 g/mol. The summed E-state index contributed by atoms with van der Waals surface area (Å²) in [7, 11) is 2.12. The smallest absolute Gasteiger partial charge is 0.286 e. The number of hydrogen-bond acceptors (Lipinski definition) is 7. The zero-order chi connectivity index (χ0) is 19.9. The Labute approximate surface area is 166 Å². The van der Waals surface area contributed by atoms with Crippen molar-refractivity contribution in [1.82, 2.24) is 25.3 Å². The van der Waals surface area contributed by atoms with Gasteiger partial charge in [0, 0.05) is 38.4 Å². The zero-order valence-electron chi connectivity index (χ0n) is 15.7. The number of halogens is 1. The minimum Gasteiger partial charge on any atom is -0.350 e. The highest BCUT2D eigenvalue weighted by Crippen LogP contribution is 2.14. The van der Waals surface area contributed by atoms with Crippen molar-refractivity contribution in [2.75, 3.05) is 51.6 Å². The van der Waals surface area contributed by atoms with Crippen molar-refractivity contribution in [2.45, 2.75) is 6.42 Å².